The molecule has 2 heteroatoms. The van der Waals surface area contributed by atoms with Crippen LogP contribution in [0, 0.1) is 5.92 Å². The van der Waals surface area contributed by atoms with Crippen LogP contribution in [-0.2, 0) is 34.2 Å². The molecule has 1 spiro atoms. The molecular formula is C43H18O2. The third kappa shape index (κ3) is 1.35. The van der Waals surface area contributed by atoms with Crippen LogP contribution in [0.3, 0.4) is 0 Å². The number of carbonyl (C=O) groups excluding carboxylic acids is 1. The van der Waals surface area contributed by atoms with Gasteiger partial charge in [0.25, 0.3) is 0 Å². The van der Waals surface area contributed by atoms with Gasteiger partial charge in [-0.3, -0.25) is 4.79 Å². The van der Waals surface area contributed by atoms with Crippen molar-refractivity contribution < 1.29 is 9.53 Å². The predicted molar refractivity (Wildman–Crippen MR) is 182 cm³/mol. The highest BCUT2D eigenvalue weighted by molar-refractivity contribution is 6.65. The van der Waals surface area contributed by atoms with Gasteiger partial charge in [-0.05, 0) is 184 Å². The van der Waals surface area contributed by atoms with E-state index < -0.39 is 0 Å². The van der Waals surface area contributed by atoms with Crippen molar-refractivity contribution in [3.63, 3.8) is 0 Å². The molecule has 202 valence electrons. The van der Waals surface area contributed by atoms with Gasteiger partial charge in [-0.15, -0.1) is 0 Å². The Balaban J connectivity index is 1.35. The Morgan fingerprint density at radius 1 is 0.578 bits per heavy atom. The zero-order valence-corrected chi connectivity index (χ0v) is 24.2. The smallest absolute Gasteiger partial charge is 0.310 e. The molecule has 2 nitrogen and oxygen atoms in total. The Bertz CT molecular complexity index is 3540. The molecule has 17 rings (SSSR count). The fourth-order valence-corrected chi connectivity index (χ4v) is 14.1. The number of ether oxygens (including phenoxy) is 1. The molecule has 5 aliphatic carbocycles. The van der Waals surface area contributed by atoms with Crippen LogP contribution in [0.5, 0.6) is 0 Å². The lowest BCUT2D eigenvalue weighted by Crippen LogP contribution is -2.17. The Morgan fingerprint density at radius 2 is 1.04 bits per heavy atom. The SMILES string of the molecule is CCOC(=O)C1C2c3cc4c5c6c(cc7cc8c9c%10c(cc%11cc%12c%13c(c%14c3c5c3c%14c5c%13c%11c%10c5c5c9c7c6c35)C12C%12)C8)C4. The minimum atomic E-state index is -0.171. The van der Waals surface area contributed by atoms with E-state index in [1.165, 1.54) is 87.4 Å². The Labute approximate surface area is 252 Å². The number of carbonyl (C=O) groups is 1. The van der Waals surface area contributed by atoms with E-state index in [0.717, 1.165) is 19.3 Å². The van der Waals surface area contributed by atoms with Gasteiger partial charge >= 0.3 is 5.97 Å². The minimum absolute atomic E-state index is 0.0202. The molecule has 12 aromatic rings. The van der Waals surface area contributed by atoms with E-state index in [-0.39, 0.29) is 23.2 Å². The van der Waals surface area contributed by atoms with E-state index in [0.29, 0.717) is 6.61 Å². The van der Waals surface area contributed by atoms with Gasteiger partial charge in [0.2, 0.25) is 0 Å². The second kappa shape index (κ2) is 4.93. The number of benzene rings is 9. The quantitative estimate of drug-likeness (QED) is 0.154. The molecule has 1 fully saturated rings. The van der Waals surface area contributed by atoms with Gasteiger partial charge in [-0.25, -0.2) is 0 Å². The maximum absolute atomic E-state index is 14.0. The van der Waals surface area contributed by atoms with Gasteiger partial charge in [0.05, 0.1) is 12.5 Å². The van der Waals surface area contributed by atoms with Crippen LogP contribution in [0.25, 0.3) is 118 Å². The highest BCUT2D eigenvalue weighted by atomic mass is 16.5. The summed E-state index contributed by atoms with van der Waals surface area (Å²) in [6.07, 6.45) is 3.00. The summed E-state index contributed by atoms with van der Waals surface area (Å²) < 4.78 is 5.90. The van der Waals surface area contributed by atoms with Gasteiger partial charge in [0.1, 0.15) is 0 Å². The molecular weight excluding hydrogens is 548 g/mol. The van der Waals surface area contributed by atoms with E-state index >= 15 is 0 Å². The van der Waals surface area contributed by atoms with Crippen molar-refractivity contribution in [2.45, 2.75) is 37.5 Å². The number of fused-ring (bicyclic) bond motifs is 1. The maximum Gasteiger partial charge on any atom is 0.310 e. The highest BCUT2D eigenvalue weighted by Crippen LogP contribution is 2.79. The lowest BCUT2D eigenvalue weighted by atomic mass is 9.81. The summed E-state index contributed by atoms with van der Waals surface area (Å²) in [4.78, 5) is 14.0. The van der Waals surface area contributed by atoms with Crippen molar-refractivity contribution in [3.8, 4) is 0 Å². The summed E-state index contributed by atoms with van der Waals surface area (Å²) in [6, 6.07) is 12.9. The van der Waals surface area contributed by atoms with E-state index in [2.05, 4.69) is 30.3 Å². The lowest BCUT2D eigenvalue weighted by molar-refractivity contribution is -0.145. The summed E-state index contributed by atoms with van der Waals surface area (Å²) in [6.45, 7) is 2.41. The topological polar surface area (TPSA) is 26.3 Å². The van der Waals surface area contributed by atoms with Crippen molar-refractivity contribution in [2.24, 2.45) is 5.92 Å². The fourth-order valence-electron chi connectivity index (χ4n) is 14.1. The summed E-state index contributed by atoms with van der Waals surface area (Å²) in [5.74, 6) is 0.135. The Morgan fingerprint density at radius 3 is 1.62 bits per heavy atom. The molecule has 0 N–H and O–H groups in total. The largest absolute Gasteiger partial charge is 0.466 e. The second-order valence-corrected chi connectivity index (χ2v) is 15.9. The molecule has 3 atom stereocenters. The normalized spacial score (nSPS) is 24.1. The van der Waals surface area contributed by atoms with Crippen molar-refractivity contribution in [1.82, 2.24) is 0 Å². The summed E-state index contributed by atoms with van der Waals surface area (Å²) in [5, 5.41) is 33.8. The van der Waals surface area contributed by atoms with Crippen LogP contribution in [0.15, 0.2) is 30.3 Å². The molecule has 0 heterocycles. The highest BCUT2D eigenvalue weighted by Gasteiger charge is 2.74. The maximum atomic E-state index is 14.0. The van der Waals surface area contributed by atoms with Crippen LogP contribution in [0.2, 0.25) is 0 Å². The van der Waals surface area contributed by atoms with Gasteiger partial charge in [0.15, 0.2) is 0 Å². The second-order valence-electron chi connectivity index (χ2n) is 15.9. The molecule has 45 heavy (non-hydrogen) atoms. The molecule has 0 bridgehead atoms. The van der Waals surface area contributed by atoms with E-state index in [1.807, 2.05) is 6.92 Å². The van der Waals surface area contributed by atoms with Crippen molar-refractivity contribution in [1.29, 1.82) is 0 Å². The molecule has 12 aromatic carbocycles. The number of esters is 1. The third-order valence-electron chi connectivity index (χ3n) is 14.8. The van der Waals surface area contributed by atoms with Crippen LogP contribution in [-0.4, -0.2) is 12.6 Å². The van der Waals surface area contributed by atoms with Gasteiger partial charge in [0, 0.05) is 11.3 Å². The minimum Gasteiger partial charge on any atom is -0.466 e. The first kappa shape index (κ1) is 19.4. The first-order valence-corrected chi connectivity index (χ1v) is 16.9. The standard InChI is InChI=1S/C43H18O2/c1-2-45-42(44)41-39-18-9-16-7-13-5-14-4-11-3-12-6-15-8-17-10-43(39,41)40-25(17)30-24(15)29-20(12)19(11)27-23(14)28-21(13)22(16)31-26(18)38(40)37-35(30)33(29)32(27)34(28)36(31)37/h4-6,8-9,39,41H,2-3,7,10H2,1H3. The summed E-state index contributed by atoms with van der Waals surface area (Å²) in [7, 11) is 0. The van der Waals surface area contributed by atoms with Crippen LogP contribution in [0.1, 0.15) is 51.8 Å². The molecule has 0 saturated heterocycles. The average Bonchev–Trinajstić information content (AvgIpc) is 3.63. The monoisotopic (exact) mass is 566 g/mol. The Kier molecular flexibility index (Phi) is 2.13. The van der Waals surface area contributed by atoms with Crippen LogP contribution < -0.4 is 0 Å². The van der Waals surface area contributed by atoms with Crippen molar-refractivity contribution >= 4 is 124 Å². The van der Waals surface area contributed by atoms with Crippen LogP contribution in [0.4, 0.5) is 0 Å². The molecule has 0 aliphatic heterocycles. The number of hydrogen-bond donors (Lipinski definition) is 0. The van der Waals surface area contributed by atoms with E-state index in [4.69, 9.17) is 4.74 Å². The lowest BCUT2D eigenvalue weighted by Gasteiger charge is -2.21. The van der Waals surface area contributed by atoms with E-state index in [1.54, 1.807) is 70.0 Å². The molecule has 0 radical (unpaired) electrons. The van der Waals surface area contributed by atoms with Crippen molar-refractivity contribution in [2.75, 3.05) is 6.61 Å². The zero-order chi connectivity index (χ0) is 28.0. The third-order valence-corrected chi connectivity index (χ3v) is 14.8. The molecule has 0 aromatic heterocycles. The molecule has 0 amide bonds. The van der Waals surface area contributed by atoms with Gasteiger partial charge < -0.3 is 4.74 Å². The van der Waals surface area contributed by atoms with Crippen LogP contribution >= 0.6 is 0 Å². The molecule has 3 unspecified atom stereocenters. The van der Waals surface area contributed by atoms with Crippen molar-refractivity contribution in [3.05, 3.63) is 69.3 Å². The predicted octanol–water partition coefficient (Wildman–Crippen LogP) is 9.77. The molecule has 1 saturated carbocycles. The molecule has 5 aliphatic rings. The summed E-state index contributed by atoms with van der Waals surface area (Å²) >= 11 is 0. The first-order chi connectivity index (χ1) is 22.2. The first-order valence-electron chi connectivity index (χ1n) is 16.9. The number of rotatable bonds is 2. The Hall–Kier alpha value is -4.95. The van der Waals surface area contributed by atoms with E-state index in [9.17, 15) is 4.79 Å². The van der Waals surface area contributed by atoms with Gasteiger partial charge in [-0.2, -0.15) is 0 Å². The zero-order valence-electron chi connectivity index (χ0n) is 24.2. The fraction of sp³-hybridized carbons (Fsp3) is 0.186. The average molecular weight is 567 g/mol. The van der Waals surface area contributed by atoms with Gasteiger partial charge in [-0.1, -0.05) is 30.3 Å². The number of hydrogen-bond acceptors (Lipinski definition) is 2. The summed E-state index contributed by atoms with van der Waals surface area (Å²) in [5.41, 5.74) is 10.4.